The number of pyridine rings is 1. The van der Waals surface area contributed by atoms with Crippen molar-refractivity contribution in [2.24, 2.45) is 5.92 Å². The van der Waals surface area contributed by atoms with Crippen LogP contribution in [0.4, 0.5) is 5.13 Å². The summed E-state index contributed by atoms with van der Waals surface area (Å²) in [5.41, 5.74) is 2.73. The number of hydrogen-bond acceptors (Lipinski definition) is 7. The van der Waals surface area contributed by atoms with Gasteiger partial charge in [0.2, 0.25) is 5.91 Å². The van der Waals surface area contributed by atoms with Crippen LogP contribution in [0.15, 0.2) is 47.5 Å². The molecule has 0 aliphatic carbocycles. The fraction of sp³-hybridized carbons (Fsp3) is 0.375. The molecule has 34 heavy (non-hydrogen) atoms. The zero-order valence-corrected chi connectivity index (χ0v) is 21.7. The van der Waals surface area contributed by atoms with E-state index in [0.29, 0.717) is 16.7 Å². The highest BCUT2D eigenvalue weighted by Gasteiger charge is 2.36. The summed E-state index contributed by atoms with van der Waals surface area (Å²) >= 11 is 7.52. The first-order chi connectivity index (χ1) is 16.2. The first kappa shape index (κ1) is 24.8. The van der Waals surface area contributed by atoms with Crippen molar-refractivity contribution < 1.29 is 13.2 Å². The molecular weight excluding hydrogens is 492 g/mol. The van der Waals surface area contributed by atoms with Crippen molar-refractivity contribution in [3.63, 3.8) is 0 Å². The molecule has 3 aromatic rings. The van der Waals surface area contributed by atoms with Crippen LogP contribution in [0, 0.1) is 5.92 Å². The summed E-state index contributed by atoms with van der Waals surface area (Å²) in [5.74, 6) is 0.143. The Bertz CT molecular complexity index is 1270. The number of thiazole rings is 1. The van der Waals surface area contributed by atoms with Gasteiger partial charge in [0.25, 0.3) is 0 Å². The topological polar surface area (TPSA) is 92.3 Å². The van der Waals surface area contributed by atoms with Crippen LogP contribution in [0.5, 0.6) is 0 Å². The number of anilines is 1. The second-order valence-corrected chi connectivity index (χ2v) is 12.5. The van der Waals surface area contributed by atoms with Crippen LogP contribution in [0.2, 0.25) is 5.02 Å². The maximum absolute atomic E-state index is 12.6. The third-order valence-electron chi connectivity index (χ3n) is 5.80. The van der Waals surface area contributed by atoms with E-state index in [1.165, 1.54) is 29.2 Å². The summed E-state index contributed by atoms with van der Waals surface area (Å²) in [4.78, 5) is 25.2. The number of fused-ring (bicyclic) bond motifs is 1. The van der Waals surface area contributed by atoms with Gasteiger partial charge in [0.05, 0.1) is 28.8 Å². The molecular formula is C24H27ClN4O3S2. The van der Waals surface area contributed by atoms with Crippen LogP contribution in [0.3, 0.4) is 0 Å². The number of carbonyl (C=O) groups excluding carboxylic acids is 1. The van der Waals surface area contributed by atoms with Gasteiger partial charge in [-0.15, -0.1) is 11.3 Å². The number of halogens is 1. The fourth-order valence-electron chi connectivity index (χ4n) is 4.13. The quantitative estimate of drug-likeness (QED) is 0.457. The van der Waals surface area contributed by atoms with Crippen molar-refractivity contribution >= 4 is 43.8 Å². The van der Waals surface area contributed by atoms with Gasteiger partial charge in [-0.1, -0.05) is 44.5 Å². The van der Waals surface area contributed by atoms with Gasteiger partial charge in [-0.3, -0.25) is 14.7 Å². The lowest BCUT2D eigenvalue weighted by Crippen LogP contribution is -2.26. The van der Waals surface area contributed by atoms with E-state index < -0.39 is 9.84 Å². The van der Waals surface area contributed by atoms with Crippen molar-refractivity contribution in [3.8, 4) is 0 Å². The van der Waals surface area contributed by atoms with Gasteiger partial charge in [-0.05, 0) is 35.7 Å². The van der Waals surface area contributed by atoms with E-state index in [1.54, 1.807) is 13.0 Å². The maximum atomic E-state index is 12.6. The number of carbonyl (C=O) groups is 1. The van der Waals surface area contributed by atoms with E-state index in [2.05, 4.69) is 29.0 Å². The summed E-state index contributed by atoms with van der Waals surface area (Å²) in [6.45, 7) is 7.53. The van der Waals surface area contributed by atoms with E-state index in [-0.39, 0.29) is 29.0 Å². The molecule has 1 aromatic carbocycles. The molecule has 0 spiro atoms. The van der Waals surface area contributed by atoms with E-state index in [0.717, 1.165) is 28.7 Å². The summed E-state index contributed by atoms with van der Waals surface area (Å²) in [6, 6.07) is 11.1. The monoisotopic (exact) mass is 518 g/mol. The summed E-state index contributed by atoms with van der Waals surface area (Å²) in [5, 5.41) is 4.19. The Balaban J connectivity index is 1.41. The van der Waals surface area contributed by atoms with Crippen LogP contribution in [0.25, 0.3) is 0 Å². The second-order valence-electron chi connectivity index (χ2n) is 8.66. The van der Waals surface area contributed by atoms with Gasteiger partial charge in [0, 0.05) is 34.9 Å². The van der Waals surface area contributed by atoms with E-state index >= 15 is 0 Å². The first-order valence-electron chi connectivity index (χ1n) is 11.1. The molecule has 1 aliphatic heterocycles. The molecule has 1 atom stereocenters. The minimum absolute atomic E-state index is 0.0116. The Morgan fingerprint density at radius 2 is 1.97 bits per heavy atom. The summed E-state index contributed by atoms with van der Waals surface area (Å²) in [7, 11) is -3.31. The van der Waals surface area contributed by atoms with Gasteiger partial charge >= 0.3 is 0 Å². The van der Waals surface area contributed by atoms with Crippen molar-refractivity contribution in [1.29, 1.82) is 0 Å². The number of rotatable bonds is 8. The molecule has 0 radical (unpaired) electrons. The van der Waals surface area contributed by atoms with Gasteiger partial charge in [-0.2, -0.15) is 0 Å². The molecule has 3 heterocycles. The van der Waals surface area contributed by atoms with Crippen molar-refractivity contribution in [2.45, 2.75) is 51.2 Å². The van der Waals surface area contributed by atoms with E-state index in [1.807, 2.05) is 24.3 Å². The number of sulfone groups is 1. The number of benzene rings is 1. The van der Waals surface area contributed by atoms with Crippen LogP contribution in [-0.2, 0) is 34.1 Å². The fourth-order valence-corrected chi connectivity index (χ4v) is 6.12. The minimum Gasteiger partial charge on any atom is -0.302 e. The maximum Gasteiger partial charge on any atom is 0.232 e. The molecule has 0 saturated carbocycles. The van der Waals surface area contributed by atoms with Gasteiger partial charge in [-0.25, -0.2) is 13.4 Å². The first-order valence-corrected chi connectivity index (χ1v) is 14.0. The number of nitrogens with zero attached hydrogens (tertiary/aromatic N) is 3. The highest BCUT2D eigenvalue weighted by Crippen LogP contribution is 2.43. The largest absolute Gasteiger partial charge is 0.302 e. The lowest BCUT2D eigenvalue weighted by molar-refractivity contribution is -0.115. The van der Waals surface area contributed by atoms with Gasteiger partial charge in [0.15, 0.2) is 15.0 Å². The van der Waals surface area contributed by atoms with Gasteiger partial charge in [0.1, 0.15) is 0 Å². The Labute approximate surface area is 209 Å². The molecule has 2 aromatic heterocycles. The van der Waals surface area contributed by atoms with Gasteiger partial charge < -0.3 is 5.32 Å². The van der Waals surface area contributed by atoms with E-state index in [4.69, 9.17) is 16.6 Å². The molecule has 1 aliphatic rings. The van der Waals surface area contributed by atoms with Crippen molar-refractivity contribution in [3.05, 3.63) is 69.4 Å². The zero-order valence-electron chi connectivity index (χ0n) is 19.3. The van der Waals surface area contributed by atoms with Crippen LogP contribution < -0.4 is 5.32 Å². The van der Waals surface area contributed by atoms with E-state index in [9.17, 15) is 13.2 Å². The Kier molecular flexibility index (Phi) is 7.37. The van der Waals surface area contributed by atoms with Crippen molar-refractivity contribution in [2.75, 3.05) is 11.1 Å². The lowest BCUT2D eigenvalue weighted by atomic mass is 10.0. The SMILES string of the molecule is CCS(=O)(=O)c1ccc(CC(=O)Nc2nc3c(s2)CN(Cc2ccc(Cl)cc2)C3C(C)C)nc1. The molecule has 4 rings (SSSR count). The summed E-state index contributed by atoms with van der Waals surface area (Å²) in [6.07, 6.45) is 1.36. The molecule has 7 nitrogen and oxygen atoms in total. The van der Waals surface area contributed by atoms with Crippen LogP contribution in [0.1, 0.15) is 48.6 Å². The Morgan fingerprint density at radius 1 is 1.24 bits per heavy atom. The molecule has 0 bridgehead atoms. The number of nitrogens with one attached hydrogen (secondary N) is 1. The van der Waals surface area contributed by atoms with Crippen molar-refractivity contribution in [1.82, 2.24) is 14.9 Å². The van der Waals surface area contributed by atoms with Crippen LogP contribution >= 0.6 is 22.9 Å². The highest BCUT2D eigenvalue weighted by atomic mass is 35.5. The second kappa shape index (κ2) is 10.1. The number of aromatic nitrogens is 2. The average molecular weight is 519 g/mol. The number of hydrogen-bond donors (Lipinski definition) is 1. The normalized spacial score (nSPS) is 16.1. The Morgan fingerprint density at radius 3 is 2.59 bits per heavy atom. The number of amides is 1. The lowest BCUT2D eigenvalue weighted by Gasteiger charge is -2.27. The highest BCUT2D eigenvalue weighted by molar-refractivity contribution is 7.91. The predicted octanol–water partition coefficient (Wildman–Crippen LogP) is 4.88. The Hall–Kier alpha value is -2.33. The molecule has 0 saturated heterocycles. The molecule has 10 heteroatoms. The third kappa shape index (κ3) is 5.49. The molecule has 1 unspecified atom stereocenters. The molecule has 1 N–H and O–H groups in total. The molecule has 1 amide bonds. The third-order valence-corrected chi connectivity index (χ3v) is 8.75. The smallest absolute Gasteiger partial charge is 0.232 e. The molecule has 180 valence electrons. The predicted molar refractivity (Wildman–Crippen MR) is 135 cm³/mol. The average Bonchev–Trinajstić information content (AvgIpc) is 3.31. The summed E-state index contributed by atoms with van der Waals surface area (Å²) < 4.78 is 23.8. The minimum atomic E-state index is -3.31. The van der Waals surface area contributed by atoms with Crippen LogP contribution in [-0.4, -0.2) is 34.9 Å². The zero-order chi connectivity index (χ0) is 24.5. The molecule has 0 fully saturated rings. The standard InChI is InChI=1S/C24H27ClN4O3S2/c1-4-34(31,32)19-10-9-18(26-12-19)11-21(30)27-24-28-22-20(33-24)14-29(23(22)15(2)3)13-16-5-7-17(25)8-6-16/h5-10,12,15,23H,4,11,13-14H2,1-3H3,(H,27,28,30).